The van der Waals surface area contributed by atoms with Crippen molar-refractivity contribution in [2.24, 2.45) is 11.8 Å². The van der Waals surface area contributed by atoms with Gasteiger partial charge < -0.3 is 5.32 Å². The van der Waals surface area contributed by atoms with Gasteiger partial charge in [0.15, 0.2) is 0 Å². The van der Waals surface area contributed by atoms with E-state index in [4.69, 9.17) is 0 Å². The third-order valence-electron chi connectivity index (χ3n) is 3.73. The molecule has 2 nitrogen and oxygen atoms in total. The molecule has 1 heterocycles. The average molecular weight is 311 g/mol. The molecule has 1 fully saturated rings. The van der Waals surface area contributed by atoms with Crippen LogP contribution in [0.15, 0.2) is 22.9 Å². The van der Waals surface area contributed by atoms with Crippen molar-refractivity contribution in [3.8, 4) is 0 Å². The van der Waals surface area contributed by atoms with E-state index in [1.165, 1.54) is 24.8 Å². The van der Waals surface area contributed by atoms with E-state index in [1.807, 2.05) is 12.4 Å². The minimum atomic E-state index is 0.234. The van der Waals surface area contributed by atoms with E-state index in [0.717, 1.165) is 22.9 Å². The van der Waals surface area contributed by atoms with Crippen molar-refractivity contribution in [1.29, 1.82) is 0 Å². The van der Waals surface area contributed by atoms with E-state index < -0.39 is 0 Å². The van der Waals surface area contributed by atoms with Crippen LogP contribution in [-0.2, 0) is 6.42 Å². The van der Waals surface area contributed by atoms with Crippen LogP contribution in [0.1, 0.15) is 39.2 Å². The molecule has 0 spiro atoms. The maximum Gasteiger partial charge on any atom is 0.0410 e. The highest BCUT2D eigenvalue weighted by Crippen LogP contribution is 2.36. The number of aromatic nitrogens is 1. The molecule has 3 heteroatoms. The van der Waals surface area contributed by atoms with Gasteiger partial charge in [-0.2, -0.15) is 0 Å². The second kappa shape index (κ2) is 5.70. The highest BCUT2D eigenvalue weighted by molar-refractivity contribution is 9.10. The summed E-state index contributed by atoms with van der Waals surface area (Å²) < 4.78 is 1.09. The monoisotopic (exact) mass is 310 g/mol. The quantitative estimate of drug-likeness (QED) is 0.915. The fourth-order valence-corrected chi connectivity index (χ4v) is 2.90. The lowest BCUT2D eigenvalue weighted by Gasteiger charge is -2.39. The summed E-state index contributed by atoms with van der Waals surface area (Å²) in [6, 6.07) is 2.19. The first kappa shape index (κ1) is 14.0. The summed E-state index contributed by atoms with van der Waals surface area (Å²) in [6.07, 6.45) is 7.75. The summed E-state index contributed by atoms with van der Waals surface area (Å²) in [5.41, 5.74) is 1.59. The zero-order valence-corrected chi connectivity index (χ0v) is 13.1. The van der Waals surface area contributed by atoms with Gasteiger partial charge in [0.25, 0.3) is 0 Å². The van der Waals surface area contributed by atoms with E-state index in [1.54, 1.807) is 0 Å². The molecule has 0 aliphatic heterocycles. The number of nitrogens with one attached hydrogen (secondary N) is 1. The van der Waals surface area contributed by atoms with Gasteiger partial charge in [0, 0.05) is 22.4 Å². The molecule has 1 aliphatic carbocycles. The molecule has 1 aromatic rings. The van der Waals surface area contributed by atoms with Gasteiger partial charge >= 0.3 is 0 Å². The molecule has 18 heavy (non-hydrogen) atoms. The van der Waals surface area contributed by atoms with Gasteiger partial charge in [0.05, 0.1) is 0 Å². The van der Waals surface area contributed by atoms with Crippen molar-refractivity contribution < 1.29 is 0 Å². The van der Waals surface area contributed by atoms with Gasteiger partial charge in [-0.25, -0.2) is 0 Å². The lowest BCUT2D eigenvalue weighted by Crippen LogP contribution is -2.44. The van der Waals surface area contributed by atoms with Gasteiger partial charge in [-0.3, -0.25) is 4.98 Å². The Morgan fingerprint density at radius 1 is 1.28 bits per heavy atom. The Morgan fingerprint density at radius 2 is 2.00 bits per heavy atom. The van der Waals surface area contributed by atoms with Crippen LogP contribution in [0.25, 0.3) is 0 Å². The maximum absolute atomic E-state index is 4.24. The van der Waals surface area contributed by atoms with Crippen LogP contribution in [0.2, 0.25) is 0 Å². The van der Waals surface area contributed by atoms with Gasteiger partial charge in [-0.1, -0.05) is 0 Å². The number of pyridine rings is 1. The molecular formula is C15H23BrN2. The van der Waals surface area contributed by atoms with E-state index in [2.05, 4.69) is 53.1 Å². The van der Waals surface area contributed by atoms with Crippen LogP contribution in [0, 0.1) is 11.8 Å². The summed E-state index contributed by atoms with van der Waals surface area (Å²) in [5, 5.41) is 3.63. The Kier molecular flexibility index (Phi) is 4.44. The van der Waals surface area contributed by atoms with Crippen LogP contribution in [-0.4, -0.2) is 17.1 Å². The minimum absolute atomic E-state index is 0.234. The standard InChI is InChI=1S/C15H23BrN2/c1-15(2,3)18-9-13-5-4-12(13)6-11-7-14(16)10-17-8-11/h7-8,10,12-13,18H,4-6,9H2,1-3H3. The Labute approximate surface area is 119 Å². The third kappa shape index (κ3) is 4.06. The van der Waals surface area contributed by atoms with Crippen molar-refractivity contribution >= 4 is 15.9 Å². The first-order chi connectivity index (χ1) is 8.44. The normalized spacial score (nSPS) is 23.8. The van der Waals surface area contributed by atoms with Gasteiger partial charge in [0.1, 0.15) is 0 Å². The SMILES string of the molecule is CC(C)(C)NCC1CCC1Cc1cncc(Br)c1. The molecule has 0 amide bonds. The molecule has 0 saturated heterocycles. The lowest BCUT2D eigenvalue weighted by molar-refractivity contribution is 0.159. The minimum Gasteiger partial charge on any atom is -0.312 e. The van der Waals surface area contributed by atoms with Crippen molar-refractivity contribution in [2.45, 2.75) is 45.6 Å². The fraction of sp³-hybridized carbons (Fsp3) is 0.667. The highest BCUT2D eigenvalue weighted by atomic mass is 79.9. The average Bonchev–Trinajstić information content (AvgIpc) is 2.23. The van der Waals surface area contributed by atoms with E-state index >= 15 is 0 Å². The van der Waals surface area contributed by atoms with Gasteiger partial charge in [0.2, 0.25) is 0 Å². The molecule has 1 aromatic heterocycles. The summed E-state index contributed by atoms with van der Waals surface area (Å²) in [6.45, 7) is 7.85. The second-order valence-corrected chi connectivity index (χ2v) is 7.36. The second-order valence-electron chi connectivity index (χ2n) is 6.44. The smallest absolute Gasteiger partial charge is 0.0410 e. The zero-order chi connectivity index (χ0) is 13.2. The first-order valence-corrected chi connectivity index (χ1v) is 7.58. The molecule has 2 atom stereocenters. The molecule has 2 rings (SSSR count). The van der Waals surface area contributed by atoms with Gasteiger partial charge in [-0.05, 0) is 86.0 Å². The number of hydrogen-bond acceptors (Lipinski definition) is 2. The predicted octanol–water partition coefficient (Wildman–Crippen LogP) is 3.80. The summed E-state index contributed by atoms with van der Waals surface area (Å²) in [4.78, 5) is 4.24. The summed E-state index contributed by atoms with van der Waals surface area (Å²) in [5.74, 6) is 1.67. The molecule has 1 aliphatic rings. The largest absolute Gasteiger partial charge is 0.312 e. The van der Waals surface area contributed by atoms with Crippen LogP contribution in [0.4, 0.5) is 0 Å². The van der Waals surface area contributed by atoms with Crippen molar-refractivity contribution in [1.82, 2.24) is 10.3 Å². The Balaban J connectivity index is 1.84. The van der Waals surface area contributed by atoms with E-state index in [-0.39, 0.29) is 5.54 Å². The summed E-state index contributed by atoms with van der Waals surface area (Å²) >= 11 is 3.49. The lowest BCUT2D eigenvalue weighted by atomic mass is 9.70. The van der Waals surface area contributed by atoms with Crippen LogP contribution in [0.3, 0.4) is 0 Å². The predicted molar refractivity (Wildman–Crippen MR) is 79.6 cm³/mol. The van der Waals surface area contributed by atoms with Crippen molar-refractivity contribution in [3.05, 3.63) is 28.5 Å². The number of halogens is 1. The van der Waals surface area contributed by atoms with Crippen molar-refractivity contribution in [3.63, 3.8) is 0 Å². The molecule has 1 N–H and O–H groups in total. The third-order valence-corrected chi connectivity index (χ3v) is 4.16. The molecule has 0 bridgehead atoms. The zero-order valence-electron chi connectivity index (χ0n) is 11.5. The molecule has 100 valence electrons. The number of nitrogens with zero attached hydrogens (tertiary/aromatic N) is 1. The van der Waals surface area contributed by atoms with Crippen LogP contribution in [0.5, 0.6) is 0 Å². The van der Waals surface area contributed by atoms with Crippen molar-refractivity contribution in [2.75, 3.05) is 6.54 Å². The molecular weight excluding hydrogens is 288 g/mol. The van der Waals surface area contributed by atoms with E-state index in [9.17, 15) is 0 Å². The van der Waals surface area contributed by atoms with E-state index in [0.29, 0.717) is 0 Å². The first-order valence-electron chi connectivity index (χ1n) is 6.78. The maximum atomic E-state index is 4.24. The Bertz CT molecular complexity index is 398. The highest BCUT2D eigenvalue weighted by Gasteiger charge is 2.31. The molecule has 0 aromatic carbocycles. The number of hydrogen-bond donors (Lipinski definition) is 1. The van der Waals surface area contributed by atoms with Crippen LogP contribution < -0.4 is 5.32 Å². The number of rotatable bonds is 4. The van der Waals surface area contributed by atoms with Gasteiger partial charge in [-0.15, -0.1) is 0 Å². The molecule has 1 saturated carbocycles. The topological polar surface area (TPSA) is 24.9 Å². The Hall–Kier alpha value is -0.410. The molecule has 2 unspecified atom stereocenters. The fourth-order valence-electron chi connectivity index (χ4n) is 2.48. The Morgan fingerprint density at radius 3 is 2.56 bits per heavy atom. The van der Waals surface area contributed by atoms with Crippen LogP contribution >= 0.6 is 15.9 Å². The summed E-state index contributed by atoms with van der Waals surface area (Å²) in [7, 11) is 0. The molecule has 0 radical (unpaired) electrons.